The van der Waals surface area contributed by atoms with E-state index in [1.54, 1.807) is 0 Å². The van der Waals surface area contributed by atoms with Crippen molar-refractivity contribution < 1.29 is 0 Å². The molecule has 0 atom stereocenters. The van der Waals surface area contributed by atoms with E-state index in [9.17, 15) is 0 Å². The molecule has 0 nitrogen and oxygen atoms in total. The molecular weight excluding hydrogens is 366 g/mol. The maximum absolute atomic E-state index is 2.27. The van der Waals surface area contributed by atoms with Crippen molar-refractivity contribution in [3.63, 3.8) is 0 Å². The zero-order valence-corrected chi connectivity index (χ0v) is 18.6. The Balaban J connectivity index is 0.000000552. The Morgan fingerprint density at radius 1 is 0.379 bits per heavy atom. The quantitative estimate of drug-likeness (QED) is 0.359. The van der Waals surface area contributed by atoms with Crippen LogP contribution in [-0.2, 0) is 0 Å². The Bertz CT molecular complexity index is 802. The molecule has 0 aliphatic carbocycles. The Morgan fingerprint density at radius 3 is 0.724 bits per heavy atom. The van der Waals surface area contributed by atoms with Gasteiger partial charge in [0.2, 0.25) is 0 Å². The molecule has 2 heteroatoms. The summed E-state index contributed by atoms with van der Waals surface area (Å²) in [5.41, 5.74) is 5.36. The highest BCUT2D eigenvalue weighted by Gasteiger charge is 2.30. The molecule has 0 aliphatic heterocycles. The zero-order valence-electron chi connectivity index (χ0n) is 17.6. The first kappa shape index (κ1) is 21.1. The van der Waals surface area contributed by atoms with Crippen LogP contribution >= 0.6 is 7.92 Å². The topological polar surface area (TPSA) is 0 Å². The summed E-state index contributed by atoms with van der Waals surface area (Å²) >= 11 is 0. The highest BCUT2D eigenvalue weighted by atomic mass is 31.1. The molecule has 0 aromatic heterocycles. The molecule has 29 heavy (non-hydrogen) atoms. The Labute approximate surface area is 177 Å². The maximum atomic E-state index is 2.27. The van der Waals surface area contributed by atoms with Crippen LogP contribution in [0, 0.1) is 0 Å². The third-order valence-corrected chi connectivity index (χ3v) is 5.20. The lowest BCUT2D eigenvalue weighted by Crippen LogP contribution is -2.74. The summed E-state index contributed by atoms with van der Waals surface area (Å²) in [6.45, 7) is 6.81. The minimum atomic E-state index is -1.22. The van der Waals surface area contributed by atoms with Gasteiger partial charge in [0.1, 0.15) is 6.15 Å². The van der Waals surface area contributed by atoms with Crippen molar-refractivity contribution >= 4 is 35.9 Å². The van der Waals surface area contributed by atoms with Crippen LogP contribution in [0.15, 0.2) is 121 Å². The van der Waals surface area contributed by atoms with Gasteiger partial charge in [-0.2, -0.15) is 21.9 Å². The third kappa shape index (κ3) is 4.87. The summed E-state index contributed by atoms with van der Waals surface area (Å²) in [6.07, 6.45) is -1.22. The van der Waals surface area contributed by atoms with Gasteiger partial charge in [-0.3, -0.25) is 0 Å². The van der Waals surface area contributed by atoms with Crippen LogP contribution in [0.5, 0.6) is 0 Å². The van der Waals surface area contributed by atoms with Crippen molar-refractivity contribution in [2.75, 3.05) is 20.0 Å². The van der Waals surface area contributed by atoms with E-state index in [0.717, 1.165) is 0 Å². The van der Waals surface area contributed by atoms with Crippen molar-refractivity contribution in [1.82, 2.24) is 0 Å². The van der Waals surface area contributed by atoms with Crippen LogP contribution < -0.4 is 21.9 Å². The molecule has 0 amide bonds. The van der Waals surface area contributed by atoms with Crippen LogP contribution in [0.3, 0.4) is 0 Å². The molecule has 4 aromatic rings. The van der Waals surface area contributed by atoms with E-state index in [4.69, 9.17) is 0 Å². The largest absolute Gasteiger partial charge is 0.195 e. The van der Waals surface area contributed by atoms with E-state index in [0.29, 0.717) is 0 Å². The van der Waals surface area contributed by atoms with Gasteiger partial charge >= 0.3 is 0 Å². The molecule has 4 rings (SSSR count). The van der Waals surface area contributed by atoms with Gasteiger partial charge < -0.3 is 0 Å². The van der Waals surface area contributed by atoms with Gasteiger partial charge in [-0.1, -0.05) is 121 Å². The first-order valence-corrected chi connectivity index (χ1v) is 13.3. The van der Waals surface area contributed by atoms with Gasteiger partial charge in [-0.05, 0) is 7.92 Å². The average molecular weight is 396 g/mol. The molecule has 0 heterocycles. The standard InChI is InChI=1S/C24H20B.C3H9P/c1-5-13-21(14-6-1)25(22-15-7-2-8-16-22,23-17-9-3-10-18-23)24-19-11-4-12-20-24;1-4(2)3/h1-20H;1-3H3/q-1;/p+1. The highest BCUT2D eigenvalue weighted by Crippen LogP contribution is 2.14. The minimum Gasteiger partial charge on any atom is -0.195 e. The predicted molar refractivity (Wildman–Crippen MR) is 136 cm³/mol. The molecule has 0 aliphatic rings. The summed E-state index contributed by atoms with van der Waals surface area (Å²) in [6, 6.07) is 43.5. The molecule has 146 valence electrons. The summed E-state index contributed by atoms with van der Waals surface area (Å²) < 4.78 is 0. The normalized spacial score (nSPS) is 10.9. The van der Waals surface area contributed by atoms with E-state index < -0.39 is 6.15 Å². The molecule has 0 radical (unpaired) electrons. The maximum Gasteiger partial charge on any atom is 0.108 e. The summed E-state index contributed by atoms with van der Waals surface area (Å²) in [7, 11) is 0.120. The van der Waals surface area contributed by atoms with Crippen LogP contribution in [0.1, 0.15) is 0 Å². The Morgan fingerprint density at radius 2 is 0.552 bits per heavy atom. The van der Waals surface area contributed by atoms with Gasteiger partial charge in [0.15, 0.2) is 0 Å². The molecule has 0 unspecified atom stereocenters. The molecule has 0 saturated carbocycles. The fourth-order valence-corrected chi connectivity index (χ4v) is 4.12. The number of hydrogen-bond acceptors (Lipinski definition) is 0. The van der Waals surface area contributed by atoms with Crippen LogP contribution in [-0.4, -0.2) is 26.1 Å². The van der Waals surface area contributed by atoms with E-state index in [1.165, 1.54) is 21.9 Å². The number of hydrogen-bond donors (Lipinski definition) is 0. The van der Waals surface area contributed by atoms with Crippen LogP contribution in [0.2, 0.25) is 0 Å². The van der Waals surface area contributed by atoms with Crippen molar-refractivity contribution in [3.8, 4) is 0 Å². The molecule has 0 N–H and O–H groups in total. The molecule has 0 saturated heterocycles. The Kier molecular flexibility index (Phi) is 7.45. The second kappa shape index (κ2) is 10.2. The lowest BCUT2D eigenvalue weighted by atomic mass is 9.13. The van der Waals surface area contributed by atoms with Gasteiger partial charge in [0.05, 0.1) is 0 Å². The lowest BCUT2D eigenvalue weighted by Gasteiger charge is -2.44. The fraction of sp³-hybridized carbons (Fsp3) is 0.111. The lowest BCUT2D eigenvalue weighted by molar-refractivity contribution is 1.66. The van der Waals surface area contributed by atoms with Crippen LogP contribution in [0.25, 0.3) is 0 Å². The Hall–Kier alpha value is -2.63. The molecule has 0 spiro atoms. The zero-order chi connectivity index (χ0) is 20.5. The summed E-state index contributed by atoms with van der Waals surface area (Å²) in [4.78, 5) is 0. The predicted octanol–water partition coefficient (Wildman–Crippen LogP) is 4.15. The van der Waals surface area contributed by atoms with Crippen molar-refractivity contribution in [2.45, 2.75) is 0 Å². The second-order valence-corrected chi connectivity index (χ2v) is 11.0. The molecule has 0 fully saturated rings. The fourth-order valence-electron chi connectivity index (χ4n) is 4.12. The number of rotatable bonds is 4. The van der Waals surface area contributed by atoms with E-state index in [-0.39, 0.29) is 7.92 Å². The monoisotopic (exact) mass is 396 g/mol. The summed E-state index contributed by atoms with van der Waals surface area (Å²) in [5, 5.41) is 0. The van der Waals surface area contributed by atoms with Crippen molar-refractivity contribution in [3.05, 3.63) is 121 Å². The van der Waals surface area contributed by atoms with Gasteiger partial charge in [-0.15, -0.1) is 0 Å². The van der Waals surface area contributed by atoms with Crippen molar-refractivity contribution in [2.24, 2.45) is 0 Å². The first-order chi connectivity index (χ1) is 14.2. The molecule has 4 aromatic carbocycles. The van der Waals surface area contributed by atoms with E-state index in [1.807, 2.05) is 0 Å². The molecular formula is C27H30BP. The van der Waals surface area contributed by atoms with Gasteiger partial charge in [-0.25, -0.2) is 0 Å². The van der Waals surface area contributed by atoms with E-state index >= 15 is 0 Å². The second-order valence-electron chi connectivity index (χ2n) is 8.01. The van der Waals surface area contributed by atoms with Gasteiger partial charge in [0.25, 0.3) is 0 Å². The smallest absolute Gasteiger partial charge is 0.108 e. The molecule has 0 bridgehead atoms. The van der Waals surface area contributed by atoms with Crippen molar-refractivity contribution in [1.29, 1.82) is 0 Å². The van der Waals surface area contributed by atoms with Crippen LogP contribution in [0.4, 0.5) is 0 Å². The van der Waals surface area contributed by atoms with E-state index in [2.05, 4.69) is 141 Å². The summed E-state index contributed by atoms with van der Waals surface area (Å²) in [5.74, 6) is 0. The van der Waals surface area contributed by atoms with Gasteiger partial charge in [0, 0.05) is 20.0 Å². The SMILES string of the molecule is C[PH+](C)C.c1ccc([B-](c2ccccc2)(c2ccccc2)c2ccccc2)cc1. The first-order valence-electron chi connectivity index (χ1n) is 10.3. The highest BCUT2D eigenvalue weighted by molar-refractivity contribution is 7.55. The minimum absolute atomic E-state index is 0.120. The number of benzene rings is 4. The third-order valence-electron chi connectivity index (χ3n) is 5.20. The average Bonchev–Trinajstić information content (AvgIpc) is 2.77.